The Morgan fingerprint density at radius 1 is 0.938 bits per heavy atom. The molecule has 1 unspecified atom stereocenters. The molecular weight excluding hydrogens is 196 g/mol. The van der Waals surface area contributed by atoms with Crippen LogP contribution in [-0.4, -0.2) is 50.1 Å². The molecule has 0 amide bonds. The third-order valence-electron chi connectivity index (χ3n) is 3.75. The van der Waals surface area contributed by atoms with E-state index in [1.807, 2.05) is 27.7 Å². The Balaban J connectivity index is 0.000000509. The van der Waals surface area contributed by atoms with Gasteiger partial charge < -0.3 is 9.80 Å². The van der Waals surface area contributed by atoms with Gasteiger partial charge in [0.05, 0.1) is 0 Å². The highest BCUT2D eigenvalue weighted by atomic mass is 15.2. The fourth-order valence-electron chi connectivity index (χ4n) is 2.88. The van der Waals surface area contributed by atoms with E-state index in [9.17, 15) is 0 Å². The first kappa shape index (κ1) is 15.9. The number of piperidine rings is 1. The first-order valence-electron chi connectivity index (χ1n) is 6.97. The number of hydrogen-bond donors (Lipinski definition) is 0. The van der Waals surface area contributed by atoms with Crippen LogP contribution in [-0.2, 0) is 0 Å². The van der Waals surface area contributed by atoms with Gasteiger partial charge >= 0.3 is 0 Å². The lowest BCUT2D eigenvalue weighted by Crippen LogP contribution is -2.43. The molecule has 2 fully saturated rings. The van der Waals surface area contributed by atoms with Crippen LogP contribution in [0.15, 0.2) is 0 Å². The van der Waals surface area contributed by atoms with Crippen LogP contribution in [0.1, 0.15) is 41.0 Å². The molecular formula is C14H32N2. The van der Waals surface area contributed by atoms with Crippen molar-refractivity contribution < 1.29 is 0 Å². The van der Waals surface area contributed by atoms with Gasteiger partial charge in [-0.1, -0.05) is 34.6 Å². The first-order chi connectivity index (χ1) is 7.60. The molecule has 0 radical (unpaired) electrons. The van der Waals surface area contributed by atoms with Gasteiger partial charge in [0.1, 0.15) is 0 Å². The van der Waals surface area contributed by atoms with Crippen LogP contribution in [0.5, 0.6) is 0 Å². The summed E-state index contributed by atoms with van der Waals surface area (Å²) in [5.74, 6) is 0.918. The predicted octanol–water partition coefficient (Wildman–Crippen LogP) is 2.94. The van der Waals surface area contributed by atoms with Crippen molar-refractivity contribution >= 4 is 0 Å². The molecule has 0 bridgehead atoms. The van der Waals surface area contributed by atoms with Gasteiger partial charge in [0, 0.05) is 19.6 Å². The van der Waals surface area contributed by atoms with Gasteiger partial charge in [-0.2, -0.15) is 0 Å². The minimum absolute atomic E-state index is 0.626. The summed E-state index contributed by atoms with van der Waals surface area (Å²) in [4.78, 5) is 4.97. The molecule has 16 heavy (non-hydrogen) atoms. The molecule has 0 aliphatic carbocycles. The van der Waals surface area contributed by atoms with E-state index in [1.165, 1.54) is 32.6 Å². The highest BCUT2D eigenvalue weighted by Crippen LogP contribution is 2.41. The summed E-state index contributed by atoms with van der Waals surface area (Å²) in [7, 11) is 4.50. The Labute approximate surface area is 103 Å². The van der Waals surface area contributed by atoms with Crippen LogP contribution in [0.25, 0.3) is 0 Å². The van der Waals surface area contributed by atoms with Crippen LogP contribution < -0.4 is 0 Å². The van der Waals surface area contributed by atoms with Crippen LogP contribution in [0.4, 0.5) is 0 Å². The molecule has 0 N–H and O–H groups in total. The van der Waals surface area contributed by atoms with Crippen molar-refractivity contribution in [3.63, 3.8) is 0 Å². The largest absolute Gasteiger partial charge is 0.306 e. The maximum absolute atomic E-state index is 2.49. The van der Waals surface area contributed by atoms with Crippen molar-refractivity contribution in [2.45, 2.75) is 41.0 Å². The molecule has 2 aliphatic rings. The van der Waals surface area contributed by atoms with E-state index in [4.69, 9.17) is 0 Å². The monoisotopic (exact) mass is 228 g/mol. The lowest BCUT2D eigenvalue weighted by Gasteiger charge is -2.39. The summed E-state index contributed by atoms with van der Waals surface area (Å²) >= 11 is 0. The normalized spacial score (nSPS) is 34.3. The summed E-state index contributed by atoms with van der Waals surface area (Å²) in [5.41, 5.74) is 0.626. The fourth-order valence-corrected chi connectivity index (χ4v) is 2.88. The Morgan fingerprint density at radius 2 is 1.44 bits per heavy atom. The van der Waals surface area contributed by atoms with E-state index in [0.29, 0.717) is 5.41 Å². The molecule has 0 aromatic rings. The minimum Gasteiger partial charge on any atom is -0.306 e. The predicted molar refractivity (Wildman–Crippen MR) is 73.9 cm³/mol. The lowest BCUT2D eigenvalue weighted by atomic mass is 9.74. The van der Waals surface area contributed by atoms with Gasteiger partial charge in [-0.25, -0.2) is 0 Å². The third kappa shape index (κ3) is 3.74. The second kappa shape index (κ2) is 7.29. The van der Waals surface area contributed by atoms with Gasteiger partial charge in [0.15, 0.2) is 0 Å². The second-order valence-corrected chi connectivity index (χ2v) is 5.06. The molecule has 98 valence electrons. The van der Waals surface area contributed by atoms with Crippen LogP contribution in [0.3, 0.4) is 0 Å². The third-order valence-corrected chi connectivity index (χ3v) is 3.75. The Kier molecular flexibility index (Phi) is 7.25. The van der Waals surface area contributed by atoms with Gasteiger partial charge in [0.25, 0.3) is 0 Å². The molecule has 2 saturated heterocycles. The van der Waals surface area contributed by atoms with E-state index >= 15 is 0 Å². The van der Waals surface area contributed by atoms with Crippen molar-refractivity contribution in [1.82, 2.24) is 9.80 Å². The number of nitrogens with zero attached hydrogens (tertiary/aromatic N) is 2. The van der Waals surface area contributed by atoms with E-state index in [-0.39, 0.29) is 0 Å². The fraction of sp³-hybridized carbons (Fsp3) is 1.00. The van der Waals surface area contributed by atoms with Crippen molar-refractivity contribution in [3.05, 3.63) is 0 Å². The number of fused-ring (bicyclic) bond motifs is 1. The highest BCUT2D eigenvalue weighted by Gasteiger charge is 2.43. The first-order valence-corrected chi connectivity index (χ1v) is 6.97. The molecule has 0 aromatic carbocycles. The second-order valence-electron chi connectivity index (χ2n) is 5.06. The Morgan fingerprint density at radius 3 is 2.00 bits per heavy atom. The molecule has 2 aliphatic heterocycles. The maximum atomic E-state index is 2.49. The zero-order valence-electron chi connectivity index (χ0n) is 12.5. The number of rotatable bonds is 0. The lowest BCUT2D eigenvalue weighted by molar-refractivity contribution is 0.102. The van der Waals surface area contributed by atoms with Gasteiger partial charge in [-0.3, -0.25) is 0 Å². The molecule has 2 heterocycles. The van der Waals surface area contributed by atoms with Gasteiger partial charge in [-0.15, -0.1) is 0 Å². The van der Waals surface area contributed by atoms with E-state index in [2.05, 4.69) is 30.8 Å². The van der Waals surface area contributed by atoms with Crippen LogP contribution in [0, 0.1) is 11.3 Å². The molecule has 2 heteroatoms. The zero-order valence-corrected chi connectivity index (χ0v) is 12.5. The van der Waals surface area contributed by atoms with E-state index in [1.54, 1.807) is 0 Å². The van der Waals surface area contributed by atoms with Crippen molar-refractivity contribution in [2.24, 2.45) is 11.3 Å². The van der Waals surface area contributed by atoms with Crippen LogP contribution >= 0.6 is 0 Å². The van der Waals surface area contributed by atoms with E-state index in [0.717, 1.165) is 5.92 Å². The summed E-state index contributed by atoms with van der Waals surface area (Å²) in [5, 5.41) is 0. The quantitative estimate of drug-likeness (QED) is 0.629. The Bertz CT molecular complexity index is 182. The summed E-state index contributed by atoms with van der Waals surface area (Å²) in [6.07, 6.45) is 1.39. The standard InChI is InChI=1S/C10H20N2.2C2H6/c1-10-4-5-11(2)6-9(10)7-12(3)8-10;2*1-2/h9H,4-8H2,1-3H3;2*1-2H3/t9?,10-;;/m0../s1. The summed E-state index contributed by atoms with van der Waals surface area (Å²) in [6, 6.07) is 0. The Hall–Kier alpha value is -0.0800. The average Bonchev–Trinajstić information content (AvgIpc) is 2.58. The molecule has 0 spiro atoms. The van der Waals surface area contributed by atoms with Crippen molar-refractivity contribution in [1.29, 1.82) is 0 Å². The summed E-state index contributed by atoms with van der Waals surface area (Å²) in [6.45, 7) is 15.7. The molecule has 2 rings (SSSR count). The van der Waals surface area contributed by atoms with Gasteiger partial charge in [0.2, 0.25) is 0 Å². The van der Waals surface area contributed by atoms with Gasteiger partial charge in [-0.05, 0) is 38.4 Å². The molecule has 0 saturated carbocycles. The number of hydrogen-bond acceptors (Lipinski definition) is 2. The average molecular weight is 228 g/mol. The summed E-state index contributed by atoms with van der Waals surface area (Å²) < 4.78 is 0. The topological polar surface area (TPSA) is 6.48 Å². The smallest absolute Gasteiger partial charge is 0.00365 e. The SMILES string of the molecule is CC.CC.CN1CC[C@@]2(C)CN(C)CC2C1. The van der Waals surface area contributed by atoms with Crippen LogP contribution in [0.2, 0.25) is 0 Å². The zero-order chi connectivity index (χ0) is 12.8. The highest BCUT2D eigenvalue weighted by molar-refractivity contribution is 4.96. The van der Waals surface area contributed by atoms with Crippen molar-refractivity contribution in [3.8, 4) is 0 Å². The molecule has 2 nitrogen and oxygen atoms in total. The van der Waals surface area contributed by atoms with Crippen molar-refractivity contribution in [2.75, 3.05) is 40.3 Å². The maximum Gasteiger partial charge on any atom is 0.00365 e. The number of likely N-dealkylation sites (tertiary alicyclic amines) is 2. The molecule has 2 atom stereocenters. The minimum atomic E-state index is 0.626. The molecule has 0 aromatic heterocycles. The van der Waals surface area contributed by atoms with E-state index < -0.39 is 0 Å².